The largest absolute Gasteiger partial charge is 0.497 e. The number of rotatable bonds is 8. The third-order valence-electron chi connectivity index (χ3n) is 4.09. The van der Waals surface area contributed by atoms with E-state index in [0.29, 0.717) is 23.6 Å². The standard InChI is InChI=1S/C20H22FN3O2S/c1-4-24-19(14(2)26-17-10-7-9-16(12-17)25-3)22-23-20(24)27-13-15-8-5-6-11-18(15)21/h5-12,14H,4,13H2,1-3H3. The number of thioether (sulfide) groups is 1. The molecule has 0 saturated heterocycles. The first-order valence-electron chi connectivity index (χ1n) is 8.72. The minimum atomic E-state index is -0.285. The molecule has 3 rings (SSSR count). The summed E-state index contributed by atoms with van der Waals surface area (Å²) in [6.07, 6.45) is -0.285. The van der Waals surface area contributed by atoms with Gasteiger partial charge in [0.1, 0.15) is 17.3 Å². The van der Waals surface area contributed by atoms with Crippen LogP contribution in [0, 0.1) is 5.82 Å². The number of hydrogen-bond acceptors (Lipinski definition) is 5. The summed E-state index contributed by atoms with van der Waals surface area (Å²) in [5, 5.41) is 9.33. The lowest BCUT2D eigenvalue weighted by atomic mass is 10.2. The second-order valence-corrected chi connectivity index (χ2v) is 6.85. The van der Waals surface area contributed by atoms with E-state index >= 15 is 0 Å². The highest BCUT2D eigenvalue weighted by atomic mass is 32.2. The Morgan fingerprint density at radius 3 is 2.63 bits per heavy atom. The summed E-state index contributed by atoms with van der Waals surface area (Å²) >= 11 is 1.46. The summed E-state index contributed by atoms with van der Waals surface area (Å²) < 4.78 is 27.1. The molecule has 1 aromatic heterocycles. The van der Waals surface area contributed by atoms with Gasteiger partial charge in [-0.2, -0.15) is 0 Å². The van der Waals surface area contributed by atoms with Gasteiger partial charge >= 0.3 is 0 Å². The molecule has 0 aliphatic heterocycles. The van der Waals surface area contributed by atoms with Crippen LogP contribution in [0.2, 0.25) is 0 Å². The number of ether oxygens (including phenoxy) is 2. The van der Waals surface area contributed by atoms with Crippen molar-refractivity contribution in [2.45, 2.75) is 37.4 Å². The Balaban J connectivity index is 1.73. The van der Waals surface area contributed by atoms with Gasteiger partial charge in [0.05, 0.1) is 7.11 Å². The average Bonchev–Trinajstić information content (AvgIpc) is 3.10. The molecule has 3 aromatic rings. The van der Waals surface area contributed by atoms with Gasteiger partial charge in [0.25, 0.3) is 0 Å². The van der Waals surface area contributed by atoms with Gasteiger partial charge in [0.15, 0.2) is 17.1 Å². The second-order valence-electron chi connectivity index (χ2n) is 5.90. The van der Waals surface area contributed by atoms with Gasteiger partial charge in [0, 0.05) is 18.4 Å². The summed E-state index contributed by atoms with van der Waals surface area (Å²) in [6, 6.07) is 14.2. The van der Waals surface area contributed by atoms with E-state index in [1.807, 2.05) is 48.7 Å². The Hall–Kier alpha value is -2.54. The summed E-state index contributed by atoms with van der Waals surface area (Å²) in [4.78, 5) is 0. The molecule has 1 heterocycles. The lowest BCUT2D eigenvalue weighted by Gasteiger charge is -2.16. The van der Waals surface area contributed by atoms with Gasteiger partial charge in [-0.1, -0.05) is 36.0 Å². The smallest absolute Gasteiger partial charge is 0.191 e. The number of aromatic nitrogens is 3. The molecule has 7 heteroatoms. The van der Waals surface area contributed by atoms with Crippen molar-refractivity contribution >= 4 is 11.8 Å². The fourth-order valence-corrected chi connectivity index (χ4v) is 3.69. The Labute approximate surface area is 162 Å². The van der Waals surface area contributed by atoms with Crippen molar-refractivity contribution in [1.29, 1.82) is 0 Å². The molecule has 0 spiro atoms. The van der Waals surface area contributed by atoms with Crippen LogP contribution in [0.15, 0.2) is 53.7 Å². The fourth-order valence-electron chi connectivity index (χ4n) is 2.69. The topological polar surface area (TPSA) is 49.2 Å². The van der Waals surface area contributed by atoms with Crippen LogP contribution in [0.5, 0.6) is 11.5 Å². The monoisotopic (exact) mass is 387 g/mol. The van der Waals surface area contributed by atoms with E-state index < -0.39 is 0 Å². The lowest BCUT2D eigenvalue weighted by molar-refractivity contribution is 0.209. The third-order valence-corrected chi connectivity index (χ3v) is 5.11. The Morgan fingerprint density at radius 2 is 1.89 bits per heavy atom. The normalized spacial score (nSPS) is 12.0. The first kappa shape index (κ1) is 19.2. The summed E-state index contributed by atoms with van der Waals surface area (Å²) in [7, 11) is 1.62. The number of benzene rings is 2. The van der Waals surface area contributed by atoms with Gasteiger partial charge in [-0.25, -0.2) is 4.39 Å². The summed E-state index contributed by atoms with van der Waals surface area (Å²) in [6.45, 7) is 4.66. The number of nitrogens with zero attached hydrogens (tertiary/aromatic N) is 3. The minimum absolute atomic E-state index is 0.206. The van der Waals surface area contributed by atoms with Crippen LogP contribution in [0.3, 0.4) is 0 Å². The van der Waals surface area contributed by atoms with Crippen LogP contribution in [0.1, 0.15) is 31.3 Å². The predicted molar refractivity (Wildman–Crippen MR) is 104 cm³/mol. The van der Waals surface area contributed by atoms with E-state index in [1.165, 1.54) is 17.8 Å². The van der Waals surface area contributed by atoms with Crippen LogP contribution in [-0.2, 0) is 12.3 Å². The molecule has 27 heavy (non-hydrogen) atoms. The quantitative estimate of drug-likeness (QED) is 0.516. The van der Waals surface area contributed by atoms with Gasteiger partial charge in [-0.3, -0.25) is 0 Å². The van der Waals surface area contributed by atoms with Crippen LogP contribution in [0.4, 0.5) is 4.39 Å². The van der Waals surface area contributed by atoms with E-state index in [1.54, 1.807) is 19.2 Å². The lowest BCUT2D eigenvalue weighted by Crippen LogP contribution is -2.12. The highest BCUT2D eigenvalue weighted by Crippen LogP contribution is 2.28. The van der Waals surface area contributed by atoms with Crippen molar-refractivity contribution in [2.75, 3.05) is 7.11 Å². The van der Waals surface area contributed by atoms with E-state index in [2.05, 4.69) is 10.2 Å². The van der Waals surface area contributed by atoms with Crippen LogP contribution in [-0.4, -0.2) is 21.9 Å². The first-order chi connectivity index (χ1) is 13.1. The average molecular weight is 387 g/mol. The molecule has 2 aromatic carbocycles. The molecular weight excluding hydrogens is 365 g/mol. The van der Waals surface area contributed by atoms with Crippen molar-refractivity contribution < 1.29 is 13.9 Å². The number of hydrogen-bond donors (Lipinski definition) is 0. The Kier molecular flexibility index (Phi) is 6.34. The zero-order valence-corrected chi connectivity index (χ0v) is 16.4. The summed E-state index contributed by atoms with van der Waals surface area (Å²) in [5.41, 5.74) is 0.649. The highest BCUT2D eigenvalue weighted by Gasteiger charge is 2.19. The van der Waals surface area contributed by atoms with E-state index in [0.717, 1.165) is 16.7 Å². The number of halogens is 1. The molecule has 0 N–H and O–H groups in total. The predicted octanol–water partition coefficient (Wildman–Crippen LogP) is 4.88. The van der Waals surface area contributed by atoms with E-state index in [4.69, 9.17) is 9.47 Å². The maximum atomic E-state index is 13.8. The molecule has 142 valence electrons. The van der Waals surface area contributed by atoms with E-state index in [9.17, 15) is 4.39 Å². The molecule has 0 aliphatic rings. The van der Waals surface area contributed by atoms with Gasteiger partial charge < -0.3 is 14.0 Å². The van der Waals surface area contributed by atoms with Gasteiger partial charge in [0.2, 0.25) is 0 Å². The number of methoxy groups -OCH3 is 1. The second kappa shape index (κ2) is 8.90. The minimum Gasteiger partial charge on any atom is -0.497 e. The Morgan fingerprint density at radius 1 is 1.11 bits per heavy atom. The third kappa shape index (κ3) is 4.60. The van der Waals surface area contributed by atoms with Crippen LogP contribution >= 0.6 is 11.8 Å². The molecule has 0 bridgehead atoms. The molecule has 5 nitrogen and oxygen atoms in total. The maximum Gasteiger partial charge on any atom is 0.191 e. The van der Waals surface area contributed by atoms with Crippen molar-refractivity contribution in [3.8, 4) is 11.5 Å². The Bertz CT molecular complexity index is 900. The molecule has 0 amide bonds. The van der Waals surface area contributed by atoms with Crippen LogP contribution in [0.25, 0.3) is 0 Å². The summed E-state index contributed by atoms with van der Waals surface area (Å²) in [5.74, 6) is 2.46. The van der Waals surface area contributed by atoms with Crippen molar-refractivity contribution in [1.82, 2.24) is 14.8 Å². The highest BCUT2D eigenvalue weighted by molar-refractivity contribution is 7.98. The molecular formula is C20H22FN3O2S. The van der Waals surface area contributed by atoms with Crippen molar-refractivity contribution in [2.24, 2.45) is 0 Å². The van der Waals surface area contributed by atoms with Gasteiger partial charge in [-0.15, -0.1) is 10.2 Å². The molecule has 0 fully saturated rings. The molecule has 1 unspecified atom stereocenters. The SMILES string of the molecule is CCn1c(SCc2ccccc2F)nnc1C(C)Oc1cccc(OC)c1. The molecule has 0 saturated carbocycles. The zero-order valence-electron chi connectivity index (χ0n) is 15.6. The van der Waals surface area contributed by atoms with Crippen LogP contribution < -0.4 is 9.47 Å². The molecule has 1 atom stereocenters. The molecule has 0 radical (unpaired) electrons. The van der Waals surface area contributed by atoms with Gasteiger partial charge in [-0.05, 0) is 37.6 Å². The zero-order chi connectivity index (χ0) is 19.2. The fraction of sp³-hybridized carbons (Fsp3) is 0.300. The first-order valence-corrected chi connectivity index (χ1v) is 9.71. The van der Waals surface area contributed by atoms with E-state index in [-0.39, 0.29) is 11.9 Å². The molecule has 0 aliphatic carbocycles. The van der Waals surface area contributed by atoms with Crippen molar-refractivity contribution in [3.63, 3.8) is 0 Å². The van der Waals surface area contributed by atoms with Crippen molar-refractivity contribution in [3.05, 3.63) is 65.7 Å². The maximum absolute atomic E-state index is 13.8.